The van der Waals surface area contributed by atoms with Crippen LogP contribution in [0.25, 0.3) is 0 Å². The van der Waals surface area contributed by atoms with E-state index in [1.54, 1.807) is 0 Å². The fourth-order valence-electron chi connectivity index (χ4n) is 1.86. The summed E-state index contributed by atoms with van der Waals surface area (Å²) in [6.45, 7) is 9.24. The molecule has 0 aromatic carbocycles. The Morgan fingerprint density at radius 1 is 1.08 bits per heavy atom. The van der Waals surface area contributed by atoms with Crippen LogP contribution in [0.3, 0.4) is 0 Å². The quantitative estimate of drug-likeness (QED) is 0.647. The molecule has 0 aliphatic heterocycles. The van der Waals surface area contributed by atoms with Gasteiger partial charge < -0.3 is 5.32 Å². The topological polar surface area (TPSA) is 12.0 Å². The fourth-order valence-corrected chi connectivity index (χ4v) is 1.86. The Balaban J connectivity index is 3.75. The van der Waals surface area contributed by atoms with Gasteiger partial charge in [-0.15, -0.1) is 0 Å². The van der Waals surface area contributed by atoms with Gasteiger partial charge in [-0.3, -0.25) is 0 Å². The second-order valence-corrected chi connectivity index (χ2v) is 4.03. The summed E-state index contributed by atoms with van der Waals surface area (Å²) in [6.07, 6.45) is 3.91. The fraction of sp³-hybridized carbons (Fsp3) is 1.00. The number of hydrogen-bond acceptors (Lipinski definition) is 1. The minimum Gasteiger partial charge on any atom is -0.317 e. The van der Waals surface area contributed by atoms with Gasteiger partial charge >= 0.3 is 0 Å². The van der Waals surface area contributed by atoms with E-state index >= 15 is 0 Å². The van der Waals surface area contributed by atoms with Crippen molar-refractivity contribution in [1.82, 2.24) is 5.32 Å². The number of rotatable bonds is 6. The van der Waals surface area contributed by atoms with E-state index in [9.17, 15) is 0 Å². The molecule has 0 saturated heterocycles. The van der Waals surface area contributed by atoms with Gasteiger partial charge in [-0.2, -0.15) is 0 Å². The van der Waals surface area contributed by atoms with Gasteiger partial charge in [-0.1, -0.05) is 34.1 Å². The van der Waals surface area contributed by atoms with Crippen LogP contribution in [0, 0.1) is 11.8 Å². The van der Waals surface area contributed by atoms with Crippen LogP contribution in [0.2, 0.25) is 0 Å². The maximum absolute atomic E-state index is 3.38. The Bertz CT molecular complexity index is 97.2. The van der Waals surface area contributed by atoms with Crippen molar-refractivity contribution in [3.05, 3.63) is 0 Å². The van der Waals surface area contributed by atoms with Crippen molar-refractivity contribution in [1.29, 1.82) is 0 Å². The van der Waals surface area contributed by atoms with Crippen molar-refractivity contribution < 1.29 is 0 Å². The van der Waals surface area contributed by atoms with Crippen LogP contribution in [0.1, 0.15) is 47.0 Å². The van der Waals surface area contributed by atoms with E-state index in [4.69, 9.17) is 0 Å². The largest absolute Gasteiger partial charge is 0.317 e. The summed E-state index contributed by atoms with van der Waals surface area (Å²) in [5, 5.41) is 3.38. The zero-order valence-electron chi connectivity index (χ0n) is 9.35. The normalized spacial score (nSPS) is 18.8. The highest BCUT2D eigenvalue weighted by Gasteiger charge is 2.14. The van der Waals surface area contributed by atoms with Crippen molar-refractivity contribution in [3.8, 4) is 0 Å². The van der Waals surface area contributed by atoms with Gasteiger partial charge in [-0.25, -0.2) is 0 Å². The standard InChI is InChI=1S/C11H25N/c1-6-9(3)8-10(4)11(7-2)12-5/h9-12H,6-8H2,1-5H3. The summed E-state index contributed by atoms with van der Waals surface area (Å²) in [5.74, 6) is 1.69. The Hall–Kier alpha value is -0.0400. The minimum atomic E-state index is 0.707. The lowest BCUT2D eigenvalue weighted by Gasteiger charge is -2.24. The molecular weight excluding hydrogens is 146 g/mol. The van der Waals surface area contributed by atoms with Gasteiger partial charge in [0.05, 0.1) is 0 Å². The molecule has 74 valence electrons. The summed E-state index contributed by atoms with van der Waals surface area (Å²) in [6, 6.07) is 0.707. The Morgan fingerprint density at radius 2 is 1.67 bits per heavy atom. The maximum atomic E-state index is 3.38. The Morgan fingerprint density at radius 3 is 2.00 bits per heavy atom. The third-order valence-corrected chi connectivity index (χ3v) is 2.97. The SMILES string of the molecule is CCC(C)CC(C)C(CC)NC. The third kappa shape index (κ3) is 4.10. The Labute approximate surface area is 77.9 Å². The molecule has 0 saturated carbocycles. The molecule has 0 bridgehead atoms. The van der Waals surface area contributed by atoms with Crippen LogP contribution in [-0.4, -0.2) is 13.1 Å². The van der Waals surface area contributed by atoms with Crippen molar-refractivity contribution in [2.45, 2.75) is 53.0 Å². The maximum Gasteiger partial charge on any atom is 0.00871 e. The van der Waals surface area contributed by atoms with Gasteiger partial charge in [0.1, 0.15) is 0 Å². The number of nitrogens with one attached hydrogen (secondary N) is 1. The van der Waals surface area contributed by atoms with Crippen molar-refractivity contribution in [3.63, 3.8) is 0 Å². The zero-order chi connectivity index (χ0) is 9.56. The second-order valence-electron chi connectivity index (χ2n) is 4.03. The summed E-state index contributed by atoms with van der Waals surface area (Å²) in [5.41, 5.74) is 0. The van der Waals surface area contributed by atoms with Gasteiger partial charge in [0.15, 0.2) is 0 Å². The first-order valence-electron chi connectivity index (χ1n) is 5.32. The van der Waals surface area contributed by atoms with E-state index in [2.05, 4.69) is 40.1 Å². The van der Waals surface area contributed by atoms with Crippen molar-refractivity contribution in [2.24, 2.45) is 11.8 Å². The van der Waals surface area contributed by atoms with Gasteiger partial charge in [0.2, 0.25) is 0 Å². The zero-order valence-corrected chi connectivity index (χ0v) is 9.35. The summed E-state index contributed by atoms with van der Waals surface area (Å²) in [7, 11) is 2.07. The van der Waals surface area contributed by atoms with E-state index in [0.29, 0.717) is 6.04 Å². The second kappa shape index (κ2) is 6.47. The van der Waals surface area contributed by atoms with Gasteiger partial charge in [-0.05, 0) is 31.7 Å². The van der Waals surface area contributed by atoms with E-state index < -0.39 is 0 Å². The predicted octanol–water partition coefficient (Wildman–Crippen LogP) is 3.06. The molecule has 0 aliphatic rings. The highest BCUT2D eigenvalue weighted by Crippen LogP contribution is 2.18. The Kier molecular flexibility index (Phi) is 6.45. The molecule has 0 rings (SSSR count). The lowest BCUT2D eigenvalue weighted by molar-refractivity contribution is 0.316. The smallest absolute Gasteiger partial charge is 0.00871 e. The molecule has 0 spiro atoms. The minimum absolute atomic E-state index is 0.707. The van der Waals surface area contributed by atoms with E-state index in [1.807, 2.05) is 0 Å². The molecule has 12 heavy (non-hydrogen) atoms. The summed E-state index contributed by atoms with van der Waals surface area (Å²) >= 11 is 0. The van der Waals surface area contributed by atoms with Crippen LogP contribution in [0.15, 0.2) is 0 Å². The van der Waals surface area contributed by atoms with Crippen LogP contribution >= 0.6 is 0 Å². The number of hydrogen-bond donors (Lipinski definition) is 1. The first kappa shape index (κ1) is 12.0. The predicted molar refractivity (Wildman–Crippen MR) is 56.4 cm³/mol. The first-order valence-corrected chi connectivity index (χ1v) is 5.32. The molecular formula is C11H25N. The molecule has 0 amide bonds. The van der Waals surface area contributed by atoms with Crippen LogP contribution in [-0.2, 0) is 0 Å². The average Bonchev–Trinajstić information content (AvgIpc) is 2.06. The highest BCUT2D eigenvalue weighted by atomic mass is 14.9. The molecule has 0 aromatic heterocycles. The molecule has 1 nitrogen and oxygen atoms in total. The average molecular weight is 171 g/mol. The molecule has 0 radical (unpaired) electrons. The van der Waals surface area contributed by atoms with E-state index in [0.717, 1.165) is 11.8 Å². The van der Waals surface area contributed by atoms with Crippen molar-refractivity contribution >= 4 is 0 Å². The summed E-state index contributed by atoms with van der Waals surface area (Å²) < 4.78 is 0. The lowest BCUT2D eigenvalue weighted by Crippen LogP contribution is -2.32. The molecule has 0 aromatic rings. The molecule has 0 heterocycles. The summed E-state index contributed by atoms with van der Waals surface area (Å²) in [4.78, 5) is 0. The molecule has 0 aliphatic carbocycles. The van der Waals surface area contributed by atoms with E-state index in [1.165, 1.54) is 19.3 Å². The first-order chi connectivity index (χ1) is 5.65. The van der Waals surface area contributed by atoms with Crippen LogP contribution in [0.5, 0.6) is 0 Å². The van der Waals surface area contributed by atoms with Crippen LogP contribution in [0.4, 0.5) is 0 Å². The van der Waals surface area contributed by atoms with Crippen LogP contribution < -0.4 is 5.32 Å². The monoisotopic (exact) mass is 171 g/mol. The molecule has 1 heteroatoms. The van der Waals surface area contributed by atoms with Crippen molar-refractivity contribution in [2.75, 3.05) is 7.05 Å². The molecule has 3 atom stereocenters. The molecule has 0 fully saturated rings. The van der Waals surface area contributed by atoms with Gasteiger partial charge in [0.25, 0.3) is 0 Å². The lowest BCUT2D eigenvalue weighted by atomic mass is 9.89. The molecule has 1 N–H and O–H groups in total. The third-order valence-electron chi connectivity index (χ3n) is 2.97. The van der Waals surface area contributed by atoms with E-state index in [-0.39, 0.29) is 0 Å². The highest BCUT2D eigenvalue weighted by molar-refractivity contribution is 4.71. The van der Waals surface area contributed by atoms with Gasteiger partial charge in [0, 0.05) is 6.04 Å². The molecule has 3 unspecified atom stereocenters.